The molecule has 3 aromatic rings. The third-order valence-electron chi connectivity index (χ3n) is 4.04. The van der Waals surface area contributed by atoms with Crippen molar-refractivity contribution in [1.29, 1.82) is 0 Å². The number of carbonyl (C=O) groups is 2. The van der Waals surface area contributed by atoms with E-state index in [1.165, 1.54) is 25.3 Å². The highest BCUT2D eigenvalue weighted by Gasteiger charge is 2.15. The molecule has 0 spiro atoms. The Morgan fingerprint density at radius 2 is 1.68 bits per heavy atom. The van der Waals surface area contributed by atoms with Crippen molar-refractivity contribution in [2.45, 2.75) is 6.61 Å². The number of halogens is 1. The van der Waals surface area contributed by atoms with Crippen molar-refractivity contribution in [3.63, 3.8) is 0 Å². The molecular formula is C22H18ClNO4. The van der Waals surface area contributed by atoms with Crippen molar-refractivity contribution >= 4 is 29.2 Å². The van der Waals surface area contributed by atoms with Gasteiger partial charge in [0.25, 0.3) is 5.91 Å². The molecule has 142 valence electrons. The Bertz CT molecular complexity index is 989. The van der Waals surface area contributed by atoms with E-state index in [1.807, 2.05) is 42.5 Å². The van der Waals surface area contributed by atoms with Gasteiger partial charge in [0.15, 0.2) is 0 Å². The van der Waals surface area contributed by atoms with Gasteiger partial charge in [-0.15, -0.1) is 0 Å². The van der Waals surface area contributed by atoms with E-state index in [0.717, 1.165) is 5.56 Å². The highest BCUT2D eigenvalue weighted by molar-refractivity contribution is 6.34. The summed E-state index contributed by atoms with van der Waals surface area (Å²) in [6.45, 7) is 0.240. The quantitative estimate of drug-likeness (QED) is 0.599. The number of carbonyl (C=O) groups excluding carboxylic acids is 2. The molecule has 0 saturated heterocycles. The molecular weight excluding hydrogens is 378 g/mol. The Hall–Kier alpha value is -3.31. The fourth-order valence-corrected chi connectivity index (χ4v) is 2.77. The first-order valence-electron chi connectivity index (χ1n) is 8.53. The van der Waals surface area contributed by atoms with Crippen LogP contribution in [-0.4, -0.2) is 19.0 Å². The van der Waals surface area contributed by atoms with E-state index in [0.29, 0.717) is 27.6 Å². The second kappa shape index (κ2) is 9.06. The Morgan fingerprint density at radius 3 is 2.43 bits per heavy atom. The topological polar surface area (TPSA) is 64.6 Å². The fourth-order valence-electron chi connectivity index (χ4n) is 2.60. The number of hydrogen-bond acceptors (Lipinski definition) is 4. The van der Waals surface area contributed by atoms with Crippen molar-refractivity contribution < 1.29 is 19.1 Å². The molecule has 0 saturated carbocycles. The van der Waals surface area contributed by atoms with E-state index < -0.39 is 5.97 Å². The number of hydrogen-bond donors (Lipinski definition) is 1. The van der Waals surface area contributed by atoms with Crippen LogP contribution in [0.4, 0.5) is 5.69 Å². The summed E-state index contributed by atoms with van der Waals surface area (Å²) in [7, 11) is 1.29. The smallest absolute Gasteiger partial charge is 0.337 e. The summed E-state index contributed by atoms with van der Waals surface area (Å²) >= 11 is 6.17. The number of amides is 1. The number of esters is 1. The van der Waals surface area contributed by atoms with Crippen molar-refractivity contribution in [2.24, 2.45) is 0 Å². The number of anilines is 1. The SMILES string of the molecule is COC(=O)c1ccc(Cl)c(NC(=O)c2ccccc2COc2ccccc2)c1. The maximum atomic E-state index is 12.8. The molecule has 0 fully saturated rings. The zero-order valence-corrected chi connectivity index (χ0v) is 15.9. The number of methoxy groups -OCH3 is 1. The average Bonchev–Trinajstić information content (AvgIpc) is 2.74. The molecule has 0 bridgehead atoms. The molecule has 0 heterocycles. The summed E-state index contributed by atoms with van der Waals surface area (Å²) in [6, 6.07) is 21.0. The lowest BCUT2D eigenvalue weighted by Gasteiger charge is -2.13. The molecule has 0 aliphatic heterocycles. The third kappa shape index (κ3) is 4.69. The monoisotopic (exact) mass is 395 g/mol. The molecule has 0 aliphatic rings. The van der Waals surface area contributed by atoms with Gasteiger partial charge < -0.3 is 14.8 Å². The maximum absolute atomic E-state index is 12.8. The summed E-state index contributed by atoms with van der Waals surface area (Å²) in [6.07, 6.45) is 0. The first-order valence-corrected chi connectivity index (χ1v) is 8.91. The Kier molecular flexibility index (Phi) is 6.29. The standard InChI is InChI=1S/C22H18ClNO4/c1-27-22(26)15-11-12-19(23)20(13-15)24-21(25)18-10-6-5-7-16(18)14-28-17-8-3-2-4-9-17/h2-13H,14H2,1H3,(H,24,25). The predicted molar refractivity (Wildman–Crippen MR) is 108 cm³/mol. The summed E-state index contributed by atoms with van der Waals surface area (Å²) in [5, 5.41) is 3.07. The molecule has 3 aromatic carbocycles. The minimum Gasteiger partial charge on any atom is -0.489 e. The molecule has 1 amide bonds. The molecule has 0 radical (unpaired) electrons. The van der Waals surface area contributed by atoms with Crippen molar-refractivity contribution in [3.8, 4) is 5.75 Å². The van der Waals surface area contributed by atoms with Crippen LogP contribution in [0.15, 0.2) is 72.8 Å². The van der Waals surface area contributed by atoms with Gasteiger partial charge >= 0.3 is 5.97 Å². The number of para-hydroxylation sites is 1. The van der Waals surface area contributed by atoms with Gasteiger partial charge in [0.1, 0.15) is 12.4 Å². The Labute approximate surface area is 167 Å². The van der Waals surface area contributed by atoms with Gasteiger partial charge in [0.05, 0.1) is 23.4 Å². The first-order chi connectivity index (χ1) is 13.6. The summed E-state index contributed by atoms with van der Waals surface area (Å²) in [4.78, 5) is 24.5. The molecule has 0 atom stereocenters. The summed E-state index contributed by atoms with van der Waals surface area (Å²) < 4.78 is 10.5. The largest absolute Gasteiger partial charge is 0.489 e. The van der Waals surface area contributed by atoms with E-state index in [9.17, 15) is 9.59 Å². The van der Waals surface area contributed by atoms with Gasteiger partial charge in [-0.25, -0.2) is 4.79 Å². The minimum atomic E-state index is -0.510. The lowest BCUT2D eigenvalue weighted by Crippen LogP contribution is -2.16. The van der Waals surface area contributed by atoms with Gasteiger partial charge in [0, 0.05) is 11.1 Å². The fraction of sp³-hybridized carbons (Fsp3) is 0.0909. The van der Waals surface area contributed by atoms with E-state index >= 15 is 0 Å². The van der Waals surface area contributed by atoms with E-state index in [2.05, 4.69) is 5.32 Å². The van der Waals surface area contributed by atoms with Gasteiger partial charge in [-0.3, -0.25) is 4.79 Å². The van der Waals surface area contributed by atoms with Crippen LogP contribution >= 0.6 is 11.6 Å². The number of benzene rings is 3. The molecule has 5 nitrogen and oxygen atoms in total. The molecule has 3 rings (SSSR count). The lowest BCUT2D eigenvalue weighted by atomic mass is 10.1. The zero-order chi connectivity index (χ0) is 19.9. The lowest BCUT2D eigenvalue weighted by molar-refractivity contribution is 0.0600. The van der Waals surface area contributed by atoms with Crippen LogP contribution in [0.3, 0.4) is 0 Å². The van der Waals surface area contributed by atoms with Crippen LogP contribution in [0.25, 0.3) is 0 Å². The molecule has 6 heteroatoms. The average molecular weight is 396 g/mol. The second-order valence-electron chi connectivity index (χ2n) is 5.90. The van der Waals surface area contributed by atoms with Crippen LogP contribution in [-0.2, 0) is 11.3 Å². The van der Waals surface area contributed by atoms with Crippen molar-refractivity contribution in [2.75, 3.05) is 12.4 Å². The van der Waals surface area contributed by atoms with Crippen LogP contribution in [0.5, 0.6) is 5.75 Å². The van der Waals surface area contributed by atoms with Crippen molar-refractivity contribution in [1.82, 2.24) is 0 Å². The van der Waals surface area contributed by atoms with Crippen LogP contribution in [0.1, 0.15) is 26.3 Å². The van der Waals surface area contributed by atoms with E-state index in [-0.39, 0.29) is 12.5 Å². The van der Waals surface area contributed by atoms with Crippen LogP contribution < -0.4 is 10.1 Å². The number of ether oxygens (including phenoxy) is 2. The normalized spacial score (nSPS) is 10.2. The first kappa shape index (κ1) is 19.5. The van der Waals surface area contributed by atoms with Gasteiger partial charge in [-0.1, -0.05) is 48.0 Å². The summed E-state index contributed by atoms with van der Waals surface area (Å²) in [5.41, 5.74) is 1.80. The van der Waals surface area contributed by atoms with Gasteiger partial charge in [-0.2, -0.15) is 0 Å². The molecule has 0 aliphatic carbocycles. The molecule has 28 heavy (non-hydrogen) atoms. The Morgan fingerprint density at radius 1 is 0.964 bits per heavy atom. The summed E-state index contributed by atoms with van der Waals surface area (Å²) in [5.74, 6) is -0.147. The Balaban J connectivity index is 1.79. The third-order valence-corrected chi connectivity index (χ3v) is 4.36. The molecule has 0 unspecified atom stereocenters. The number of nitrogens with one attached hydrogen (secondary N) is 1. The van der Waals surface area contributed by atoms with E-state index in [1.54, 1.807) is 12.1 Å². The zero-order valence-electron chi connectivity index (χ0n) is 15.1. The minimum absolute atomic E-state index is 0.240. The number of rotatable bonds is 6. The van der Waals surface area contributed by atoms with Crippen LogP contribution in [0.2, 0.25) is 5.02 Å². The molecule has 1 N–H and O–H groups in total. The highest BCUT2D eigenvalue weighted by atomic mass is 35.5. The predicted octanol–water partition coefficient (Wildman–Crippen LogP) is 4.96. The molecule has 0 aromatic heterocycles. The van der Waals surface area contributed by atoms with E-state index in [4.69, 9.17) is 21.1 Å². The maximum Gasteiger partial charge on any atom is 0.337 e. The second-order valence-corrected chi connectivity index (χ2v) is 6.31. The van der Waals surface area contributed by atoms with Crippen LogP contribution in [0, 0.1) is 0 Å². The van der Waals surface area contributed by atoms with Gasteiger partial charge in [0.2, 0.25) is 0 Å². The van der Waals surface area contributed by atoms with Crippen molar-refractivity contribution in [3.05, 3.63) is 94.5 Å². The van der Waals surface area contributed by atoms with Gasteiger partial charge in [-0.05, 0) is 36.4 Å². The highest BCUT2D eigenvalue weighted by Crippen LogP contribution is 2.25.